The molecule has 1 aromatic heterocycles. The first-order valence-corrected chi connectivity index (χ1v) is 16.0. The van der Waals surface area contributed by atoms with Gasteiger partial charge in [-0.25, -0.2) is 4.79 Å². The highest BCUT2D eigenvalue weighted by Gasteiger charge is 2.45. The van der Waals surface area contributed by atoms with Crippen molar-refractivity contribution in [3.8, 4) is 0 Å². The molecule has 1 aliphatic rings. The van der Waals surface area contributed by atoms with Crippen molar-refractivity contribution in [2.24, 2.45) is 0 Å². The molecule has 0 aromatic carbocycles. The van der Waals surface area contributed by atoms with Crippen LogP contribution >= 0.6 is 7.60 Å². The van der Waals surface area contributed by atoms with Crippen molar-refractivity contribution < 1.29 is 32.3 Å². The Hall–Kier alpha value is -1.56. The number of rotatable bonds is 11. The maximum atomic E-state index is 12.6. The van der Waals surface area contributed by atoms with Gasteiger partial charge in [0.25, 0.3) is 5.56 Å². The van der Waals surface area contributed by atoms with Crippen LogP contribution in [0.1, 0.15) is 47.3 Å². The normalized spacial score (nSPS) is 21.6. The van der Waals surface area contributed by atoms with Gasteiger partial charge in [-0.2, -0.15) is 0 Å². The van der Waals surface area contributed by atoms with E-state index in [9.17, 15) is 18.9 Å². The van der Waals surface area contributed by atoms with Crippen LogP contribution in [-0.4, -0.2) is 62.0 Å². The molecule has 0 bridgehead atoms. The highest BCUT2D eigenvalue weighted by atomic mass is 31.2. The summed E-state index contributed by atoms with van der Waals surface area (Å²) in [6, 6.07) is 1.24. The van der Waals surface area contributed by atoms with Gasteiger partial charge in [-0.3, -0.25) is 23.7 Å². The minimum Gasteiger partial charge on any atom is -0.462 e. The fraction of sp³-hybridized carbons (Fsp3) is 0.762. The number of aromatic nitrogens is 2. The SMILES string of the molecule is CCOP(=O)(CC(=O)OC[C@H]1O[C@@H](n2ccc(=O)[nH]c2=O)C[C@@H]1O[Si](C)(C)C(C)(C)C)OCC. The highest BCUT2D eigenvalue weighted by molar-refractivity contribution is 7.54. The lowest BCUT2D eigenvalue weighted by atomic mass is 10.2. The van der Waals surface area contributed by atoms with Gasteiger partial charge in [-0.05, 0) is 32.0 Å². The molecule has 1 N–H and O–H groups in total. The average Bonchev–Trinajstić information content (AvgIpc) is 3.07. The summed E-state index contributed by atoms with van der Waals surface area (Å²) in [5, 5.41) is -0.0806. The predicted molar refractivity (Wildman–Crippen MR) is 129 cm³/mol. The zero-order valence-electron chi connectivity index (χ0n) is 21.0. The van der Waals surface area contributed by atoms with Gasteiger partial charge in [0.15, 0.2) is 8.32 Å². The van der Waals surface area contributed by atoms with E-state index in [2.05, 4.69) is 38.8 Å². The van der Waals surface area contributed by atoms with Crippen molar-refractivity contribution in [3.05, 3.63) is 33.1 Å². The molecule has 0 aliphatic carbocycles. The second-order valence-corrected chi connectivity index (χ2v) is 16.4. The zero-order chi connectivity index (χ0) is 25.7. The molecule has 0 spiro atoms. The van der Waals surface area contributed by atoms with Gasteiger partial charge in [0.2, 0.25) is 0 Å². The first kappa shape index (κ1) is 28.7. The van der Waals surface area contributed by atoms with Crippen molar-refractivity contribution in [2.75, 3.05) is 26.0 Å². The monoisotopic (exact) mass is 520 g/mol. The molecule has 2 heterocycles. The van der Waals surface area contributed by atoms with Gasteiger partial charge in [-0.15, -0.1) is 0 Å². The Morgan fingerprint density at radius 3 is 2.38 bits per heavy atom. The fourth-order valence-electron chi connectivity index (χ4n) is 3.26. The van der Waals surface area contributed by atoms with E-state index in [-0.39, 0.29) is 24.9 Å². The van der Waals surface area contributed by atoms with Crippen LogP contribution in [0, 0.1) is 0 Å². The summed E-state index contributed by atoms with van der Waals surface area (Å²) in [6.45, 7) is 13.9. The van der Waals surface area contributed by atoms with Crippen molar-refractivity contribution in [1.29, 1.82) is 0 Å². The van der Waals surface area contributed by atoms with Crippen LogP contribution in [0.15, 0.2) is 21.9 Å². The molecule has 11 nitrogen and oxygen atoms in total. The lowest BCUT2D eigenvalue weighted by molar-refractivity contribution is -0.147. The molecule has 0 amide bonds. The molecule has 0 unspecified atom stereocenters. The molecule has 1 fully saturated rings. The third-order valence-electron chi connectivity index (χ3n) is 5.98. The number of aromatic amines is 1. The summed E-state index contributed by atoms with van der Waals surface area (Å²) < 4.78 is 42.2. The van der Waals surface area contributed by atoms with Crippen molar-refractivity contribution >= 4 is 21.9 Å². The predicted octanol–water partition coefficient (Wildman–Crippen LogP) is 3.02. The summed E-state index contributed by atoms with van der Waals surface area (Å²) in [5.74, 6) is -0.746. The van der Waals surface area contributed by atoms with Gasteiger partial charge in [0.1, 0.15) is 25.1 Å². The number of hydrogen-bond acceptors (Lipinski definition) is 9. The van der Waals surface area contributed by atoms with E-state index in [4.69, 9.17) is 22.9 Å². The fourth-order valence-corrected chi connectivity index (χ4v) is 6.07. The molecule has 13 heteroatoms. The highest BCUT2D eigenvalue weighted by Crippen LogP contribution is 2.48. The van der Waals surface area contributed by atoms with Gasteiger partial charge in [0, 0.05) is 18.7 Å². The average molecular weight is 521 g/mol. The molecule has 34 heavy (non-hydrogen) atoms. The zero-order valence-corrected chi connectivity index (χ0v) is 22.9. The Labute approximate surface area is 200 Å². The van der Waals surface area contributed by atoms with Crippen molar-refractivity contribution in [2.45, 2.75) is 77.6 Å². The van der Waals surface area contributed by atoms with E-state index < -0.39 is 57.7 Å². The second-order valence-electron chi connectivity index (χ2n) is 9.59. The minimum atomic E-state index is -3.60. The second kappa shape index (κ2) is 11.4. The van der Waals surface area contributed by atoms with Crippen molar-refractivity contribution in [3.63, 3.8) is 0 Å². The Morgan fingerprint density at radius 1 is 1.24 bits per heavy atom. The van der Waals surface area contributed by atoms with E-state index in [1.807, 2.05) is 0 Å². The van der Waals surface area contributed by atoms with Crippen LogP contribution in [0.4, 0.5) is 0 Å². The topological polar surface area (TPSA) is 135 Å². The number of esters is 1. The summed E-state index contributed by atoms with van der Waals surface area (Å²) in [6.07, 6.45) is -0.650. The Balaban J connectivity index is 2.18. The largest absolute Gasteiger partial charge is 0.462 e. The lowest BCUT2D eigenvalue weighted by Gasteiger charge is -2.39. The molecule has 2 rings (SSSR count). The number of nitrogens with zero attached hydrogens (tertiary/aromatic N) is 1. The van der Waals surface area contributed by atoms with Crippen LogP contribution in [0.3, 0.4) is 0 Å². The molecule has 0 saturated carbocycles. The smallest absolute Gasteiger partial charge is 0.341 e. The Morgan fingerprint density at radius 2 is 1.85 bits per heavy atom. The van der Waals surface area contributed by atoms with Gasteiger partial charge in [-0.1, -0.05) is 20.8 Å². The molecule has 1 aliphatic heterocycles. The third-order valence-corrected chi connectivity index (χ3v) is 12.4. The van der Waals surface area contributed by atoms with Gasteiger partial charge in [0.05, 0.1) is 19.3 Å². The quantitative estimate of drug-likeness (QED) is 0.265. The number of carbonyl (C=O) groups excluding carboxylic acids is 1. The standard InChI is InChI=1S/C21H37N2O9PSi/c1-8-29-33(27,30-9-2)14-19(25)28-13-16-15(32-34(6,7)21(3,4)5)12-18(31-16)23-11-10-17(24)22-20(23)26/h10-11,15-16,18H,8-9,12-14H2,1-7H3,(H,22,24,26)/t15-,16+,18+/m0/s1. The molecule has 0 radical (unpaired) electrons. The van der Waals surface area contributed by atoms with Crippen LogP contribution < -0.4 is 11.2 Å². The number of ether oxygens (including phenoxy) is 2. The van der Waals surface area contributed by atoms with Gasteiger partial charge < -0.3 is 22.9 Å². The summed E-state index contributed by atoms with van der Waals surface area (Å²) in [7, 11) is -5.83. The summed E-state index contributed by atoms with van der Waals surface area (Å²) in [4.78, 5) is 38.4. The first-order valence-electron chi connectivity index (χ1n) is 11.4. The number of H-pyrrole nitrogens is 1. The molecule has 3 atom stereocenters. The van der Waals surface area contributed by atoms with Crippen molar-refractivity contribution in [1.82, 2.24) is 9.55 Å². The van der Waals surface area contributed by atoms with E-state index in [1.165, 1.54) is 16.8 Å². The van der Waals surface area contributed by atoms with Crippen LogP contribution in [0.25, 0.3) is 0 Å². The number of hydrogen-bond donors (Lipinski definition) is 1. The third kappa shape index (κ3) is 7.47. The number of carbonyl (C=O) groups is 1. The lowest BCUT2D eigenvalue weighted by Crippen LogP contribution is -2.46. The van der Waals surface area contributed by atoms with E-state index in [1.54, 1.807) is 13.8 Å². The molecule has 194 valence electrons. The Kier molecular flexibility index (Phi) is 9.65. The maximum absolute atomic E-state index is 12.6. The van der Waals surface area contributed by atoms with Crippen LogP contribution in [0.5, 0.6) is 0 Å². The summed E-state index contributed by atoms with van der Waals surface area (Å²) in [5.41, 5.74) is -1.11. The number of nitrogens with one attached hydrogen (secondary N) is 1. The molecular weight excluding hydrogens is 483 g/mol. The van der Waals surface area contributed by atoms with Crippen LogP contribution in [-0.2, 0) is 32.3 Å². The van der Waals surface area contributed by atoms with E-state index >= 15 is 0 Å². The molecule has 1 saturated heterocycles. The first-order chi connectivity index (χ1) is 15.7. The van der Waals surface area contributed by atoms with Gasteiger partial charge >= 0.3 is 19.3 Å². The van der Waals surface area contributed by atoms with Crippen LogP contribution in [0.2, 0.25) is 18.1 Å². The maximum Gasteiger partial charge on any atom is 0.341 e. The molecule has 1 aromatic rings. The van der Waals surface area contributed by atoms with E-state index in [0.29, 0.717) is 6.42 Å². The van der Waals surface area contributed by atoms with E-state index in [0.717, 1.165) is 0 Å². The summed E-state index contributed by atoms with van der Waals surface area (Å²) >= 11 is 0. The molecular formula is C21H37N2O9PSi. The Bertz CT molecular complexity index is 991. The minimum absolute atomic E-state index is 0.0806.